The van der Waals surface area contributed by atoms with Crippen LogP contribution in [-0.4, -0.2) is 40.3 Å². The van der Waals surface area contributed by atoms with Gasteiger partial charge in [0, 0.05) is 41.0 Å². The molecule has 4 aromatic heterocycles. The molecule has 0 spiro atoms. The first-order valence-electron chi connectivity index (χ1n) is 13.0. The summed E-state index contributed by atoms with van der Waals surface area (Å²) >= 11 is 6.32. The van der Waals surface area contributed by atoms with Gasteiger partial charge in [-0.15, -0.1) is 10.2 Å². The first kappa shape index (κ1) is 24.7. The molecule has 194 valence electrons. The number of benzene rings is 1. The molecule has 1 unspecified atom stereocenters. The summed E-state index contributed by atoms with van der Waals surface area (Å²) in [5.74, 6) is 0.554. The number of rotatable bonds is 11. The molecule has 3 N–H and O–H groups in total. The number of unbranched alkanes of at least 4 members (excludes halogenated alkanes) is 1. The fraction of sp³-hybridized carbons (Fsp3) is 0.321. The van der Waals surface area contributed by atoms with Gasteiger partial charge in [0.15, 0.2) is 11.9 Å². The summed E-state index contributed by atoms with van der Waals surface area (Å²) in [5.41, 5.74) is 6.70. The van der Waals surface area contributed by atoms with Crippen molar-refractivity contribution in [1.82, 2.24) is 40.5 Å². The first-order valence-corrected chi connectivity index (χ1v) is 13.4. The highest BCUT2D eigenvalue weighted by atomic mass is 35.5. The number of aromatic nitrogens is 7. The van der Waals surface area contributed by atoms with Crippen LogP contribution in [-0.2, 0) is 19.5 Å². The number of halogens is 1. The summed E-state index contributed by atoms with van der Waals surface area (Å²) < 4.78 is 1.77. The SMILES string of the molecule is OC(NCc1ccccn1)c1cn(CCCCc2cc3c(-c4cccc(Cl)c4)c(C4CC4)[nH]c3nn2)nn1. The molecule has 0 amide bonds. The van der Waals surface area contributed by atoms with Gasteiger partial charge < -0.3 is 10.1 Å². The van der Waals surface area contributed by atoms with Crippen molar-refractivity contribution in [2.24, 2.45) is 0 Å². The van der Waals surface area contributed by atoms with Gasteiger partial charge in [-0.3, -0.25) is 15.0 Å². The quantitative estimate of drug-likeness (QED) is 0.164. The van der Waals surface area contributed by atoms with Crippen molar-refractivity contribution in [2.75, 3.05) is 0 Å². The number of nitrogens with one attached hydrogen (secondary N) is 2. The molecule has 1 aliphatic rings. The second-order valence-corrected chi connectivity index (χ2v) is 10.2. The van der Waals surface area contributed by atoms with Crippen LogP contribution in [0.2, 0.25) is 5.02 Å². The molecule has 9 nitrogen and oxygen atoms in total. The monoisotopic (exact) mass is 528 g/mol. The van der Waals surface area contributed by atoms with Crippen molar-refractivity contribution in [3.63, 3.8) is 0 Å². The summed E-state index contributed by atoms with van der Waals surface area (Å²) in [6, 6.07) is 15.9. The lowest BCUT2D eigenvalue weighted by molar-refractivity contribution is 0.132. The van der Waals surface area contributed by atoms with E-state index in [2.05, 4.69) is 47.9 Å². The summed E-state index contributed by atoms with van der Waals surface area (Å²) in [5, 5.41) is 32.5. The van der Waals surface area contributed by atoms with E-state index in [4.69, 9.17) is 11.6 Å². The van der Waals surface area contributed by atoms with Crippen LogP contribution in [0.5, 0.6) is 0 Å². The van der Waals surface area contributed by atoms with Crippen LogP contribution in [0.4, 0.5) is 0 Å². The van der Waals surface area contributed by atoms with Crippen molar-refractivity contribution >= 4 is 22.6 Å². The van der Waals surface area contributed by atoms with Gasteiger partial charge in [0.25, 0.3) is 0 Å². The number of pyridine rings is 1. The average molecular weight is 529 g/mol. The highest BCUT2D eigenvalue weighted by Gasteiger charge is 2.30. The van der Waals surface area contributed by atoms with Gasteiger partial charge in [-0.05, 0) is 73.9 Å². The number of aliphatic hydroxyl groups is 1. The number of hydrogen-bond donors (Lipinski definition) is 3. The van der Waals surface area contributed by atoms with E-state index in [1.807, 2.05) is 36.4 Å². The van der Waals surface area contributed by atoms with Gasteiger partial charge in [-0.25, -0.2) is 0 Å². The highest BCUT2D eigenvalue weighted by molar-refractivity contribution is 6.30. The Kier molecular flexibility index (Phi) is 7.13. The van der Waals surface area contributed by atoms with Gasteiger partial charge >= 0.3 is 0 Å². The molecular weight excluding hydrogens is 500 g/mol. The lowest BCUT2D eigenvalue weighted by Crippen LogP contribution is -2.21. The number of hydrogen-bond acceptors (Lipinski definition) is 7. The third-order valence-corrected chi connectivity index (χ3v) is 7.08. The molecule has 4 heterocycles. The zero-order valence-electron chi connectivity index (χ0n) is 20.9. The molecule has 1 aliphatic carbocycles. The van der Waals surface area contributed by atoms with Gasteiger partial charge in [0.1, 0.15) is 5.69 Å². The summed E-state index contributed by atoms with van der Waals surface area (Å²) in [6.07, 6.45) is 7.65. The summed E-state index contributed by atoms with van der Waals surface area (Å²) in [7, 11) is 0. The smallest absolute Gasteiger partial charge is 0.160 e. The molecule has 38 heavy (non-hydrogen) atoms. The molecule has 1 atom stereocenters. The van der Waals surface area contributed by atoms with E-state index >= 15 is 0 Å². The first-order chi connectivity index (χ1) is 18.6. The van der Waals surface area contributed by atoms with Crippen LogP contribution in [0.3, 0.4) is 0 Å². The van der Waals surface area contributed by atoms with E-state index in [0.717, 1.165) is 52.3 Å². The molecule has 5 aromatic rings. The maximum atomic E-state index is 10.4. The fourth-order valence-electron chi connectivity index (χ4n) is 4.74. The Bertz CT molecular complexity index is 1530. The molecule has 0 bridgehead atoms. The van der Waals surface area contributed by atoms with Crippen LogP contribution in [0.1, 0.15) is 60.6 Å². The number of fused-ring (bicyclic) bond motifs is 1. The molecule has 0 radical (unpaired) electrons. The number of aromatic amines is 1. The molecule has 1 aromatic carbocycles. The fourth-order valence-corrected chi connectivity index (χ4v) is 4.93. The Balaban J connectivity index is 1.07. The second kappa shape index (κ2) is 11.0. The van der Waals surface area contributed by atoms with Crippen molar-refractivity contribution in [3.8, 4) is 11.1 Å². The molecule has 0 saturated heterocycles. The topological polar surface area (TPSA) is 117 Å². The number of nitrogens with zero attached hydrogens (tertiary/aromatic N) is 6. The largest absolute Gasteiger partial charge is 0.373 e. The minimum absolute atomic E-state index is 0.447. The third-order valence-electron chi connectivity index (χ3n) is 6.84. The van der Waals surface area contributed by atoms with E-state index in [1.54, 1.807) is 17.1 Å². The second-order valence-electron chi connectivity index (χ2n) is 9.76. The maximum Gasteiger partial charge on any atom is 0.160 e. The Morgan fingerprint density at radius 1 is 1.05 bits per heavy atom. The molecular formula is C28H29ClN8O. The zero-order chi connectivity index (χ0) is 25.9. The minimum atomic E-state index is -0.900. The van der Waals surface area contributed by atoms with E-state index in [-0.39, 0.29) is 0 Å². The lowest BCUT2D eigenvalue weighted by Gasteiger charge is -2.09. The summed E-state index contributed by atoms with van der Waals surface area (Å²) in [4.78, 5) is 7.77. The van der Waals surface area contributed by atoms with E-state index < -0.39 is 6.23 Å². The van der Waals surface area contributed by atoms with E-state index in [1.165, 1.54) is 24.1 Å². The molecule has 6 rings (SSSR count). The average Bonchev–Trinajstić information content (AvgIpc) is 3.55. The van der Waals surface area contributed by atoms with Crippen LogP contribution in [0, 0.1) is 0 Å². The number of aryl methyl sites for hydroxylation is 2. The van der Waals surface area contributed by atoms with Crippen molar-refractivity contribution in [2.45, 2.75) is 57.3 Å². The van der Waals surface area contributed by atoms with Gasteiger partial charge in [0.2, 0.25) is 0 Å². The predicted octanol–water partition coefficient (Wildman–Crippen LogP) is 4.95. The zero-order valence-corrected chi connectivity index (χ0v) is 21.6. The van der Waals surface area contributed by atoms with Crippen molar-refractivity contribution < 1.29 is 5.11 Å². The normalized spacial score (nSPS) is 14.3. The van der Waals surface area contributed by atoms with Crippen molar-refractivity contribution in [1.29, 1.82) is 0 Å². The molecule has 1 fully saturated rings. The van der Waals surface area contributed by atoms with E-state index in [0.29, 0.717) is 24.7 Å². The number of H-pyrrole nitrogens is 1. The molecule has 10 heteroatoms. The van der Waals surface area contributed by atoms with Crippen LogP contribution in [0.25, 0.3) is 22.2 Å². The van der Waals surface area contributed by atoms with Crippen LogP contribution in [0.15, 0.2) is 60.9 Å². The Labute approximate surface area is 225 Å². The number of aliphatic hydroxyl groups excluding tert-OH is 1. The van der Waals surface area contributed by atoms with Gasteiger partial charge in [-0.1, -0.05) is 35.0 Å². The highest BCUT2D eigenvalue weighted by Crippen LogP contribution is 2.46. The summed E-state index contributed by atoms with van der Waals surface area (Å²) in [6.45, 7) is 1.15. The van der Waals surface area contributed by atoms with Gasteiger partial charge in [0.05, 0.1) is 17.6 Å². The van der Waals surface area contributed by atoms with E-state index in [9.17, 15) is 5.11 Å². The Morgan fingerprint density at radius 3 is 2.79 bits per heavy atom. The third kappa shape index (κ3) is 5.60. The molecule has 1 saturated carbocycles. The Morgan fingerprint density at radius 2 is 1.97 bits per heavy atom. The van der Waals surface area contributed by atoms with Crippen LogP contribution >= 0.6 is 11.6 Å². The van der Waals surface area contributed by atoms with Crippen LogP contribution < -0.4 is 5.32 Å². The maximum absolute atomic E-state index is 10.4. The standard InChI is InChI=1S/C28H29ClN8O/c29-20-7-5-6-19(14-20)25-23-15-21(33-35-27(23)32-26(25)18-10-11-18)8-2-4-13-37-17-24(34-36-37)28(38)31-16-22-9-1-3-12-30-22/h1,3,5-7,9,12,14-15,17-18,28,31,38H,2,4,8,10-11,13,16H2,(H,32,35). The molecule has 0 aliphatic heterocycles. The Hall–Kier alpha value is -3.66. The van der Waals surface area contributed by atoms with Crippen molar-refractivity contribution in [3.05, 3.63) is 88.7 Å². The van der Waals surface area contributed by atoms with Gasteiger partial charge in [-0.2, -0.15) is 5.10 Å². The lowest BCUT2D eigenvalue weighted by atomic mass is 10.00. The predicted molar refractivity (Wildman–Crippen MR) is 145 cm³/mol. The minimum Gasteiger partial charge on any atom is -0.373 e.